The van der Waals surface area contributed by atoms with Crippen LogP contribution in [0.1, 0.15) is 31.5 Å². The normalized spacial score (nSPS) is 18.2. The van der Waals surface area contributed by atoms with E-state index in [4.69, 9.17) is 9.72 Å². The largest absolute Gasteiger partial charge is 0.381 e. The second-order valence-electron chi connectivity index (χ2n) is 5.41. The number of para-hydroxylation sites is 1. The molecule has 2 aromatic rings. The van der Waals surface area contributed by atoms with Gasteiger partial charge < -0.3 is 10.1 Å². The minimum atomic E-state index is 0.341. The van der Waals surface area contributed by atoms with E-state index in [1.54, 1.807) is 0 Å². The molecule has 2 heterocycles. The topological polar surface area (TPSA) is 34.2 Å². The number of pyridine rings is 1. The van der Waals surface area contributed by atoms with Gasteiger partial charge in [0.2, 0.25) is 0 Å². The second-order valence-corrected chi connectivity index (χ2v) is 5.41. The van der Waals surface area contributed by atoms with Crippen LogP contribution in [-0.4, -0.2) is 24.7 Å². The van der Waals surface area contributed by atoms with Gasteiger partial charge in [-0.3, -0.25) is 4.98 Å². The number of aromatic nitrogens is 1. The number of benzene rings is 1. The maximum absolute atomic E-state index is 5.49. The first kappa shape index (κ1) is 13.5. The molecule has 1 aromatic carbocycles. The van der Waals surface area contributed by atoms with Crippen LogP contribution < -0.4 is 5.32 Å². The number of nitrogens with one attached hydrogen (secondary N) is 1. The first-order valence-corrected chi connectivity index (χ1v) is 7.55. The molecule has 3 rings (SSSR count). The summed E-state index contributed by atoms with van der Waals surface area (Å²) in [4.78, 5) is 4.87. The molecule has 0 spiro atoms. The molecular weight excluding hydrogens is 248 g/mol. The van der Waals surface area contributed by atoms with E-state index >= 15 is 0 Å². The fraction of sp³-hybridized carbons (Fsp3) is 0.471. The minimum absolute atomic E-state index is 0.341. The number of hydrogen-bond donors (Lipinski definition) is 1. The van der Waals surface area contributed by atoms with Crippen molar-refractivity contribution >= 4 is 10.9 Å². The SMILES string of the molecule is CCNC(c1ccc2ccccc2n1)C1CCOCC1. The summed E-state index contributed by atoms with van der Waals surface area (Å²) in [7, 11) is 0. The average Bonchev–Trinajstić information content (AvgIpc) is 2.53. The average molecular weight is 270 g/mol. The van der Waals surface area contributed by atoms with Gasteiger partial charge in [-0.15, -0.1) is 0 Å². The van der Waals surface area contributed by atoms with Crippen LogP contribution >= 0.6 is 0 Å². The molecule has 106 valence electrons. The van der Waals surface area contributed by atoms with Gasteiger partial charge in [0.05, 0.1) is 17.3 Å². The summed E-state index contributed by atoms with van der Waals surface area (Å²) in [6, 6.07) is 13.0. The van der Waals surface area contributed by atoms with Crippen LogP contribution in [0, 0.1) is 5.92 Å². The third kappa shape index (κ3) is 2.84. The van der Waals surface area contributed by atoms with E-state index in [-0.39, 0.29) is 0 Å². The van der Waals surface area contributed by atoms with Crippen molar-refractivity contribution in [3.63, 3.8) is 0 Å². The van der Waals surface area contributed by atoms with Crippen molar-refractivity contribution in [2.45, 2.75) is 25.8 Å². The molecule has 1 aliphatic heterocycles. The Morgan fingerprint density at radius 1 is 1.20 bits per heavy atom. The zero-order chi connectivity index (χ0) is 13.8. The van der Waals surface area contributed by atoms with E-state index < -0.39 is 0 Å². The standard InChI is InChI=1S/C17H22N2O/c1-2-18-17(14-9-11-20-12-10-14)16-8-7-13-5-3-4-6-15(13)19-16/h3-8,14,17-18H,2,9-12H2,1H3. The Kier molecular flexibility index (Phi) is 4.28. The molecule has 1 N–H and O–H groups in total. The molecule has 3 heteroatoms. The molecule has 1 aromatic heterocycles. The van der Waals surface area contributed by atoms with Gasteiger partial charge in [-0.25, -0.2) is 0 Å². The number of hydrogen-bond acceptors (Lipinski definition) is 3. The summed E-state index contributed by atoms with van der Waals surface area (Å²) in [6.45, 7) is 4.88. The number of rotatable bonds is 4. The molecule has 1 saturated heterocycles. The van der Waals surface area contributed by atoms with Crippen molar-refractivity contribution < 1.29 is 4.74 Å². The lowest BCUT2D eigenvalue weighted by atomic mass is 9.89. The van der Waals surface area contributed by atoms with Gasteiger partial charge in [-0.1, -0.05) is 31.2 Å². The fourth-order valence-corrected chi connectivity index (χ4v) is 3.04. The smallest absolute Gasteiger partial charge is 0.0706 e. The lowest BCUT2D eigenvalue weighted by molar-refractivity contribution is 0.0533. The molecule has 0 radical (unpaired) electrons. The van der Waals surface area contributed by atoms with Crippen molar-refractivity contribution in [3.05, 3.63) is 42.1 Å². The Hall–Kier alpha value is -1.45. The Bertz CT molecular complexity index is 564. The summed E-state index contributed by atoms with van der Waals surface area (Å²) < 4.78 is 5.49. The quantitative estimate of drug-likeness (QED) is 0.925. The molecule has 0 bridgehead atoms. The zero-order valence-electron chi connectivity index (χ0n) is 12.0. The van der Waals surface area contributed by atoms with Crippen LogP contribution in [0.4, 0.5) is 0 Å². The van der Waals surface area contributed by atoms with Crippen LogP contribution in [0.15, 0.2) is 36.4 Å². The Balaban J connectivity index is 1.91. The molecular formula is C17H22N2O. The number of ether oxygens (including phenoxy) is 1. The van der Waals surface area contributed by atoms with E-state index in [0.29, 0.717) is 12.0 Å². The van der Waals surface area contributed by atoms with E-state index in [2.05, 4.69) is 48.6 Å². The predicted octanol–water partition coefficient (Wildman–Crippen LogP) is 3.31. The molecule has 0 amide bonds. The van der Waals surface area contributed by atoms with Crippen LogP contribution in [0.3, 0.4) is 0 Å². The van der Waals surface area contributed by atoms with Crippen molar-refractivity contribution in [2.24, 2.45) is 5.92 Å². The van der Waals surface area contributed by atoms with Gasteiger partial charge in [0.15, 0.2) is 0 Å². The maximum Gasteiger partial charge on any atom is 0.0706 e. The first-order chi connectivity index (χ1) is 9.88. The first-order valence-electron chi connectivity index (χ1n) is 7.55. The third-order valence-electron chi connectivity index (χ3n) is 4.10. The summed E-state index contributed by atoms with van der Waals surface area (Å²) >= 11 is 0. The lowest BCUT2D eigenvalue weighted by Gasteiger charge is -2.30. The van der Waals surface area contributed by atoms with Crippen molar-refractivity contribution in [1.82, 2.24) is 10.3 Å². The van der Waals surface area contributed by atoms with E-state index in [9.17, 15) is 0 Å². The van der Waals surface area contributed by atoms with Gasteiger partial charge in [-0.05, 0) is 37.4 Å². The number of fused-ring (bicyclic) bond motifs is 1. The highest BCUT2D eigenvalue weighted by Gasteiger charge is 2.25. The molecule has 1 aliphatic rings. The monoisotopic (exact) mass is 270 g/mol. The maximum atomic E-state index is 5.49. The van der Waals surface area contributed by atoms with Crippen LogP contribution in [-0.2, 0) is 4.74 Å². The summed E-state index contributed by atoms with van der Waals surface area (Å²) in [5, 5.41) is 4.82. The van der Waals surface area contributed by atoms with Gasteiger partial charge in [0.1, 0.15) is 0 Å². The Morgan fingerprint density at radius 2 is 2.00 bits per heavy atom. The highest BCUT2D eigenvalue weighted by molar-refractivity contribution is 5.78. The molecule has 20 heavy (non-hydrogen) atoms. The van der Waals surface area contributed by atoms with E-state index in [1.807, 2.05) is 0 Å². The molecule has 1 fully saturated rings. The highest BCUT2D eigenvalue weighted by Crippen LogP contribution is 2.30. The van der Waals surface area contributed by atoms with Gasteiger partial charge >= 0.3 is 0 Å². The molecule has 3 nitrogen and oxygen atoms in total. The summed E-state index contributed by atoms with van der Waals surface area (Å²) in [6.07, 6.45) is 2.23. The second kappa shape index (κ2) is 6.33. The van der Waals surface area contributed by atoms with E-state index in [1.165, 1.54) is 5.39 Å². The van der Waals surface area contributed by atoms with Crippen molar-refractivity contribution in [2.75, 3.05) is 19.8 Å². The van der Waals surface area contributed by atoms with Crippen molar-refractivity contribution in [1.29, 1.82) is 0 Å². The summed E-state index contributed by atoms with van der Waals surface area (Å²) in [5.41, 5.74) is 2.25. The van der Waals surface area contributed by atoms with Gasteiger partial charge in [0.25, 0.3) is 0 Å². The molecule has 0 saturated carbocycles. The Morgan fingerprint density at radius 3 is 2.80 bits per heavy atom. The molecule has 1 atom stereocenters. The van der Waals surface area contributed by atoms with E-state index in [0.717, 1.165) is 43.8 Å². The fourth-order valence-electron chi connectivity index (χ4n) is 3.04. The third-order valence-corrected chi connectivity index (χ3v) is 4.10. The van der Waals surface area contributed by atoms with Crippen LogP contribution in [0.2, 0.25) is 0 Å². The molecule has 0 aliphatic carbocycles. The lowest BCUT2D eigenvalue weighted by Crippen LogP contribution is -2.32. The predicted molar refractivity (Wildman–Crippen MR) is 81.7 cm³/mol. The summed E-state index contributed by atoms with van der Waals surface area (Å²) in [5.74, 6) is 0.623. The molecule has 1 unspecified atom stereocenters. The van der Waals surface area contributed by atoms with Gasteiger partial charge in [0, 0.05) is 18.6 Å². The highest BCUT2D eigenvalue weighted by atomic mass is 16.5. The van der Waals surface area contributed by atoms with Gasteiger partial charge in [-0.2, -0.15) is 0 Å². The Labute approximate surface area is 120 Å². The minimum Gasteiger partial charge on any atom is -0.381 e. The number of nitrogens with zero attached hydrogens (tertiary/aromatic N) is 1. The van der Waals surface area contributed by atoms with Crippen LogP contribution in [0.25, 0.3) is 10.9 Å². The zero-order valence-corrected chi connectivity index (χ0v) is 12.0. The van der Waals surface area contributed by atoms with Crippen molar-refractivity contribution in [3.8, 4) is 0 Å². The van der Waals surface area contributed by atoms with Crippen LogP contribution in [0.5, 0.6) is 0 Å².